The van der Waals surface area contributed by atoms with Crippen molar-refractivity contribution in [2.45, 2.75) is 19.5 Å². The predicted octanol–water partition coefficient (Wildman–Crippen LogP) is 1.51. The van der Waals surface area contributed by atoms with Crippen LogP contribution in [0.3, 0.4) is 0 Å². The number of fused-ring (bicyclic) bond motifs is 2. The third-order valence-corrected chi connectivity index (χ3v) is 6.17. The fourth-order valence-corrected chi connectivity index (χ4v) is 4.05. The first kappa shape index (κ1) is 25.3. The Morgan fingerprint density at radius 2 is 1.85 bits per heavy atom. The summed E-state index contributed by atoms with van der Waals surface area (Å²) in [7, 11) is 1.56. The minimum Gasteiger partial charge on any atom is -0.408 e. The molecule has 0 unspecified atom stereocenters. The molecule has 5 aromatic rings. The van der Waals surface area contributed by atoms with E-state index in [2.05, 4.69) is 20.7 Å². The van der Waals surface area contributed by atoms with Crippen LogP contribution in [0.1, 0.15) is 43.7 Å². The molecule has 3 amide bonds. The second-order valence-electron chi connectivity index (χ2n) is 8.89. The van der Waals surface area contributed by atoms with Gasteiger partial charge in [-0.05, 0) is 30.2 Å². The standard InChI is InChI=1S/C26H22FN7O5/c1-13-3-6-15(7-4-13)21(22(28)35)32-25(37)19-10-17(31-23-16(27)12-30-34(19)23)24(36)29-11-14-5-8-20-18(9-14)33(2)26(38)39-20/h3-10,12,21H,11H2,1-2H3,(H2,28,35)(H,29,36)(H,32,37)/t21-/m1/s1. The van der Waals surface area contributed by atoms with Gasteiger partial charge >= 0.3 is 5.76 Å². The third-order valence-electron chi connectivity index (χ3n) is 6.17. The van der Waals surface area contributed by atoms with Gasteiger partial charge in [0.05, 0.1) is 11.7 Å². The summed E-state index contributed by atoms with van der Waals surface area (Å²) >= 11 is 0. The number of amides is 3. The molecule has 5 rings (SSSR count). The zero-order valence-corrected chi connectivity index (χ0v) is 20.8. The molecular formula is C26H22FN7O5. The van der Waals surface area contributed by atoms with E-state index in [1.54, 1.807) is 49.5 Å². The molecule has 3 aromatic heterocycles. The number of aryl methyl sites for hydroxylation is 2. The molecule has 0 fully saturated rings. The molecule has 4 N–H and O–H groups in total. The molecule has 12 nitrogen and oxygen atoms in total. The van der Waals surface area contributed by atoms with Crippen LogP contribution in [0.4, 0.5) is 4.39 Å². The smallest absolute Gasteiger partial charge is 0.408 e. The van der Waals surface area contributed by atoms with Gasteiger partial charge in [0.1, 0.15) is 17.4 Å². The highest BCUT2D eigenvalue weighted by molar-refractivity contribution is 6.00. The van der Waals surface area contributed by atoms with Crippen LogP contribution >= 0.6 is 0 Å². The van der Waals surface area contributed by atoms with Crippen LogP contribution in [0.15, 0.2) is 63.9 Å². The van der Waals surface area contributed by atoms with Gasteiger partial charge in [-0.15, -0.1) is 0 Å². The largest absolute Gasteiger partial charge is 0.419 e. The van der Waals surface area contributed by atoms with Gasteiger partial charge in [0, 0.05) is 19.7 Å². The monoisotopic (exact) mass is 531 g/mol. The van der Waals surface area contributed by atoms with Crippen molar-refractivity contribution in [2.24, 2.45) is 12.8 Å². The zero-order valence-electron chi connectivity index (χ0n) is 20.8. The number of oxazole rings is 1. The van der Waals surface area contributed by atoms with Gasteiger partial charge < -0.3 is 20.8 Å². The Morgan fingerprint density at radius 1 is 1.10 bits per heavy atom. The van der Waals surface area contributed by atoms with Gasteiger partial charge in [-0.3, -0.25) is 19.0 Å². The lowest BCUT2D eigenvalue weighted by Gasteiger charge is -2.17. The van der Waals surface area contributed by atoms with Gasteiger partial charge in [-0.1, -0.05) is 35.9 Å². The summed E-state index contributed by atoms with van der Waals surface area (Å²) in [4.78, 5) is 54.1. The van der Waals surface area contributed by atoms with E-state index in [0.717, 1.165) is 22.3 Å². The Morgan fingerprint density at radius 3 is 2.56 bits per heavy atom. The van der Waals surface area contributed by atoms with Crippen molar-refractivity contribution in [3.63, 3.8) is 0 Å². The van der Waals surface area contributed by atoms with Crippen molar-refractivity contribution in [1.82, 2.24) is 29.8 Å². The van der Waals surface area contributed by atoms with E-state index in [1.807, 2.05) is 6.92 Å². The molecule has 0 aliphatic heterocycles. The Bertz CT molecular complexity index is 1820. The van der Waals surface area contributed by atoms with Gasteiger partial charge in [-0.25, -0.2) is 18.7 Å². The van der Waals surface area contributed by atoms with E-state index in [4.69, 9.17) is 10.2 Å². The number of hydrogen-bond acceptors (Lipinski definition) is 7. The minimum atomic E-state index is -1.19. The summed E-state index contributed by atoms with van der Waals surface area (Å²) in [6.45, 7) is 1.91. The van der Waals surface area contributed by atoms with Crippen LogP contribution < -0.4 is 22.1 Å². The normalized spacial score (nSPS) is 12.0. The summed E-state index contributed by atoms with van der Waals surface area (Å²) in [5.41, 5.74) is 7.68. The van der Waals surface area contributed by atoms with Crippen LogP contribution in [-0.4, -0.2) is 36.9 Å². The molecule has 0 spiro atoms. The number of carbonyl (C=O) groups excluding carboxylic acids is 3. The van der Waals surface area contributed by atoms with Crippen molar-refractivity contribution in [3.8, 4) is 0 Å². The third kappa shape index (κ3) is 4.84. The van der Waals surface area contributed by atoms with Gasteiger partial charge in [0.2, 0.25) is 5.91 Å². The van der Waals surface area contributed by atoms with Crippen molar-refractivity contribution in [2.75, 3.05) is 0 Å². The second kappa shape index (κ2) is 9.85. The van der Waals surface area contributed by atoms with Crippen molar-refractivity contribution in [3.05, 3.63) is 99.2 Å². The molecular weight excluding hydrogens is 509 g/mol. The average molecular weight is 532 g/mol. The summed E-state index contributed by atoms with van der Waals surface area (Å²) in [5, 5.41) is 9.03. The molecule has 0 aliphatic rings. The minimum absolute atomic E-state index is 0.0431. The Balaban J connectivity index is 1.42. The van der Waals surface area contributed by atoms with Crippen LogP contribution in [0, 0.1) is 12.7 Å². The Labute approximate surface area is 219 Å². The van der Waals surface area contributed by atoms with Crippen LogP contribution in [0.5, 0.6) is 0 Å². The highest BCUT2D eigenvalue weighted by atomic mass is 19.1. The number of nitrogens with zero attached hydrogens (tertiary/aromatic N) is 4. The van der Waals surface area contributed by atoms with E-state index in [1.165, 1.54) is 4.57 Å². The first-order valence-electron chi connectivity index (χ1n) is 11.7. The lowest BCUT2D eigenvalue weighted by molar-refractivity contribution is -0.120. The number of nitrogens with two attached hydrogens (primary N) is 1. The maximum atomic E-state index is 14.4. The highest BCUT2D eigenvalue weighted by Gasteiger charge is 2.25. The molecule has 3 heterocycles. The van der Waals surface area contributed by atoms with Crippen LogP contribution in [0.2, 0.25) is 0 Å². The summed E-state index contributed by atoms with van der Waals surface area (Å²) in [6, 6.07) is 11.7. The van der Waals surface area contributed by atoms with E-state index in [-0.39, 0.29) is 23.6 Å². The van der Waals surface area contributed by atoms with Crippen LogP contribution in [0.25, 0.3) is 16.7 Å². The van der Waals surface area contributed by atoms with Gasteiger partial charge in [-0.2, -0.15) is 5.10 Å². The zero-order chi connectivity index (χ0) is 27.8. The first-order valence-corrected chi connectivity index (χ1v) is 11.7. The summed E-state index contributed by atoms with van der Waals surface area (Å²) < 4.78 is 21.8. The number of primary amides is 1. The van der Waals surface area contributed by atoms with Crippen molar-refractivity contribution in [1.29, 1.82) is 0 Å². The molecule has 13 heteroatoms. The number of benzene rings is 2. The maximum absolute atomic E-state index is 14.4. The maximum Gasteiger partial charge on any atom is 0.419 e. The fourth-order valence-electron chi connectivity index (χ4n) is 4.05. The molecule has 0 radical (unpaired) electrons. The average Bonchev–Trinajstić information content (AvgIpc) is 3.43. The van der Waals surface area contributed by atoms with E-state index in [0.29, 0.717) is 22.2 Å². The number of carbonyl (C=O) groups is 3. The molecule has 0 aliphatic carbocycles. The molecule has 0 saturated heterocycles. The van der Waals surface area contributed by atoms with Crippen LogP contribution in [-0.2, 0) is 18.4 Å². The predicted molar refractivity (Wildman–Crippen MR) is 136 cm³/mol. The summed E-state index contributed by atoms with van der Waals surface area (Å²) in [6.07, 6.45) is 0.858. The second-order valence-corrected chi connectivity index (χ2v) is 8.89. The number of aromatic nitrogens is 4. The Kier molecular flexibility index (Phi) is 6.40. The molecule has 0 bridgehead atoms. The van der Waals surface area contributed by atoms with E-state index >= 15 is 0 Å². The molecule has 2 aromatic carbocycles. The molecule has 198 valence electrons. The summed E-state index contributed by atoms with van der Waals surface area (Å²) in [5.74, 6) is -3.70. The topological polar surface area (TPSA) is 167 Å². The Hall–Kier alpha value is -5.33. The number of rotatable bonds is 7. The SMILES string of the molecule is Cc1ccc([C@@H](NC(=O)c2cc(C(=O)NCc3ccc4oc(=O)n(C)c4c3)nc3c(F)cnn23)C(N)=O)cc1. The lowest BCUT2D eigenvalue weighted by atomic mass is 10.0. The quantitative estimate of drug-likeness (QED) is 0.286. The highest BCUT2D eigenvalue weighted by Crippen LogP contribution is 2.18. The molecule has 0 saturated carbocycles. The molecule has 39 heavy (non-hydrogen) atoms. The van der Waals surface area contributed by atoms with Crippen molar-refractivity contribution >= 4 is 34.5 Å². The fraction of sp³-hybridized carbons (Fsp3) is 0.154. The first-order chi connectivity index (χ1) is 18.6. The number of hydrogen-bond donors (Lipinski definition) is 3. The van der Waals surface area contributed by atoms with E-state index in [9.17, 15) is 23.6 Å². The number of halogens is 1. The van der Waals surface area contributed by atoms with Crippen molar-refractivity contribution < 1.29 is 23.2 Å². The lowest BCUT2D eigenvalue weighted by Crippen LogP contribution is -2.38. The van der Waals surface area contributed by atoms with Gasteiger partial charge in [0.15, 0.2) is 17.0 Å². The number of nitrogens with one attached hydrogen (secondary N) is 2. The van der Waals surface area contributed by atoms with E-state index < -0.39 is 35.3 Å². The molecule has 1 atom stereocenters. The van der Waals surface area contributed by atoms with Gasteiger partial charge in [0.25, 0.3) is 11.8 Å².